The van der Waals surface area contributed by atoms with Crippen molar-refractivity contribution in [1.82, 2.24) is 15.3 Å². The van der Waals surface area contributed by atoms with Crippen LogP contribution in [0.1, 0.15) is 32.0 Å². The minimum atomic E-state index is 0.0779. The van der Waals surface area contributed by atoms with Gasteiger partial charge in [-0.2, -0.15) is 0 Å². The molecular formula is C17H23N3O. The van der Waals surface area contributed by atoms with Crippen molar-refractivity contribution in [1.29, 1.82) is 0 Å². The molecule has 0 aliphatic carbocycles. The number of nitrogens with zero attached hydrogens (tertiary/aromatic N) is 2. The molecule has 0 aromatic carbocycles. The normalized spacial score (nSPS) is 11.4. The molecule has 0 atom stereocenters. The highest BCUT2D eigenvalue weighted by molar-refractivity contribution is 5.29. The van der Waals surface area contributed by atoms with E-state index in [-0.39, 0.29) is 5.54 Å². The molecule has 21 heavy (non-hydrogen) atoms. The Kier molecular flexibility index (Phi) is 5.28. The quantitative estimate of drug-likeness (QED) is 0.886. The van der Waals surface area contributed by atoms with E-state index < -0.39 is 0 Å². The first-order valence-electron chi connectivity index (χ1n) is 7.25. The molecule has 112 valence electrons. The smallest absolute Gasteiger partial charge is 0.142 e. The number of ether oxygens (including phenoxy) is 1. The summed E-state index contributed by atoms with van der Waals surface area (Å²) in [5.74, 6) is 0.838. The Bertz CT molecular complexity index is 549. The zero-order chi connectivity index (χ0) is 15.1. The molecule has 2 aromatic rings. The minimum absolute atomic E-state index is 0.0779. The van der Waals surface area contributed by atoms with Crippen LogP contribution >= 0.6 is 0 Å². The van der Waals surface area contributed by atoms with Gasteiger partial charge in [0.15, 0.2) is 0 Å². The lowest BCUT2D eigenvalue weighted by molar-refractivity contribution is 0.312. The molecule has 0 aliphatic rings. The van der Waals surface area contributed by atoms with Gasteiger partial charge in [0, 0.05) is 42.2 Å². The van der Waals surface area contributed by atoms with Gasteiger partial charge >= 0.3 is 0 Å². The van der Waals surface area contributed by atoms with Gasteiger partial charge in [-0.15, -0.1) is 0 Å². The molecule has 0 saturated carbocycles. The van der Waals surface area contributed by atoms with Gasteiger partial charge < -0.3 is 10.1 Å². The predicted octanol–water partition coefficient (Wildman–Crippen LogP) is 2.99. The molecular weight excluding hydrogens is 262 g/mol. The minimum Gasteiger partial charge on any atom is -0.491 e. The van der Waals surface area contributed by atoms with E-state index in [1.54, 1.807) is 18.6 Å². The summed E-state index contributed by atoms with van der Waals surface area (Å²) in [6.45, 7) is 7.82. The first kappa shape index (κ1) is 15.4. The van der Waals surface area contributed by atoms with Crippen molar-refractivity contribution in [2.24, 2.45) is 0 Å². The highest BCUT2D eigenvalue weighted by Crippen LogP contribution is 2.17. The largest absolute Gasteiger partial charge is 0.491 e. The van der Waals surface area contributed by atoms with Crippen LogP contribution < -0.4 is 10.1 Å². The fourth-order valence-electron chi connectivity index (χ4n) is 1.86. The second-order valence-corrected chi connectivity index (χ2v) is 6.01. The third kappa shape index (κ3) is 5.52. The molecule has 4 nitrogen and oxygen atoms in total. The fraction of sp³-hybridized carbons (Fsp3) is 0.412. The highest BCUT2D eigenvalue weighted by atomic mass is 16.5. The lowest BCUT2D eigenvalue weighted by Crippen LogP contribution is -2.35. The molecule has 2 rings (SSSR count). The Morgan fingerprint density at radius 1 is 1.14 bits per heavy atom. The van der Waals surface area contributed by atoms with Crippen LogP contribution in [0.4, 0.5) is 0 Å². The van der Waals surface area contributed by atoms with Crippen LogP contribution in [0.15, 0.2) is 42.9 Å². The molecule has 0 amide bonds. The molecule has 0 aliphatic heterocycles. The van der Waals surface area contributed by atoms with Crippen LogP contribution in [0.2, 0.25) is 0 Å². The van der Waals surface area contributed by atoms with E-state index in [9.17, 15) is 0 Å². The van der Waals surface area contributed by atoms with Gasteiger partial charge in [-0.25, -0.2) is 0 Å². The van der Waals surface area contributed by atoms with E-state index in [0.29, 0.717) is 6.61 Å². The van der Waals surface area contributed by atoms with E-state index in [1.165, 1.54) is 0 Å². The van der Waals surface area contributed by atoms with Crippen molar-refractivity contribution < 1.29 is 4.74 Å². The van der Waals surface area contributed by atoms with E-state index in [4.69, 9.17) is 4.74 Å². The average Bonchev–Trinajstić information content (AvgIpc) is 2.46. The predicted molar refractivity (Wildman–Crippen MR) is 84.3 cm³/mol. The maximum atomic E-state index is 5.86. The van der Waals surface area contributed by atoms with E-state index >= 15 is 0 Å². The molecule has 0 fully saturated rings. The number of pyridine rings is 2. The van der Waals surface area contributed by atoms with Gasteiger partial charge in [0.25, 0.3) is 0 Å². The lowest BCUT2D eigenvalue weighted by atomic mass is 10.1. The van der Waals surface area contributed by atoms with Gasteiger partial charge in [-0.1, -0.05) is 6.07 Å². The second kappa shape index (κ2) is 7.18. The summed E-state index contributed by atoms with van der Waals surface area (Å²) in [6, 6.07) is 7.91. The summed E-state index contributed by atoms with van der Waals surface area (Å²) in [5.41, 5.74) is 2.24. The molecule has 2 heterocycles. The summed E-state index contributed by atoms with van der Waals surface area (Å²) in [4.78, 5) is 8.44. The van der Waals surface area contributed by atoms with Crippen LogP contribution in [0.3, 0.4) is 0 Å². The van der Waals surface area contributed by atoms with E-state index in [2.05, 4.69) is 36.1 Å². The number of hydrogen-bond donors (Lipinski definition) is 1. The van der Waals surface area contributed by atoms with E-state index in [0.717, 1.165) is 30.0 Å². The second-order valence-electron chi connectivity index (χ2n) is 6.01. The van der Waals surface area contributed by atoms with Crippen LogP contribution in [0.25, 0.3) is 0 Å². The monoisotopic (exact) mass is 285 g/mol. The van der Waals surface area contributed by atoms with Crippen molar-refractivity contribution in [2.75, 3.05) is 6.61 Å². The average molecular weight is 285 g/mol. The summed E-state index contributed by atoms with van der Waals surface area (Å²) >= 11 is 0. The Balaban J connectivity index is 1.90. The first-order chi connectivity index (χ1) is 10.0. The van der Waals surface area contributed by atoms with Crippen molar-refractivity contribution >= 4 is 0 Å². The molecule has 0 radical (unpaired) electrons. The molecule has 1 N–H and O–H groups in total. The highest BCUT2D eigenvalue weighted by Gasteiger charge is 2.11. The summed E-state index contributed by atoms with van der Waals surface area (Å²) in [6.07, 6.45) is 6.17. The number of hydrogen-bond acceptors (Lipinski definition) is 4. The van der Waals surface area contributed by atoms with Gasteiger partial charge in [-0.05, 0) is 39.0 Å². The number of nitrogens with one attached hydrogen (secondary N) is 1. The third-order valence-corrected chi connectivity index (χ3v) is 3.02. The Labute approximate surface area is 126 Å². The summed E-state index contributed by atoms with van der Waals surface area (Å²) in [7, 11) is 0. The van der Waals surface area contributed by atoms with Crippen LogP contribution in [-0.4, -0.2) is 22.1 Å². The number of rotatable bonds is 6. The zero-order valence-electron chi connectivity index (χ0n) is 13.0. The molecule has 0 saturated heterocycles. The molecule has 4 heteroatoms. The van der Waals surface area contributed by atoms with Gasteiger partial charge in [-0.3, -0.25) is 9.97 Å². The first-order valence-corrected chi connectivity index (χ1v) is 7.25. The van der Waals surface area contributed by atoms with Crippen molar-refractivity contribution in [3.05, 3.63) is 54.1 Å². The number of aromatic nitrogens is 2. The molecule has 0 bridgehead atoms. The topological polar surface area (TPSA) is 47.0 Å². The molecule has 2 aromatic heterocycles. The molecule has 0 spiro atoms. The fourth-order valence-corrected chi connectivity index (χ4v) is 1.86. The van der Waals surface area contributed by atoms with Crippen molar-refractivity contribution in [3.8, 4) is 5.75 Å². The third-order valence-electron chi connectivity index (χ3n) is 3.02. The Morgan fingerprint density at radius 3 is 2.71 bits per heavy atom. The maximum absolute atomic E-state index is 5.86. The maximum Gasteiger partial charge on any atom is 0.142 e. The van der Waals surface area contributed by atoms with Crippen LogP contribution in [0, 0.1) is 0 Å². The lowest BCUT2D eigenvalue weighted by Gasteiger charge is -2.21. The standard InChI is InChI=1S/C17H23N3O/c1-17(2,3)20-12-14-7-10-18-13-16(14)21-11-8-15-6-4-5-9-19-15/h4-7,9-10,13,20H,8,11-12H2,1-3H3. The SMILES string of the molecule is CC(C)(C)NCc1ccncc1OCCc1ccccn1. The van der Waals surface area contributed by atoms with E-state index in [1.807, 2.05) is 24.3 Å². The zero-order valence-corrected chi connectivity index (χ0v) is 13.0. The van der Waals surface area contributed by atoms with Crippen molar-refractivity contribution in [3.63, 3.8) is 0 Å². The van der Waals surface area contributed by atoms with Gasteiger partial charge in [0.05, 0.1) is 12.8 Å². The van der Waals surface area contributed by atoms with Crippen LogP contribution in [-0.2, 0) is 13.0 Å². The summed E-state index contributed by atoms with van der Waals surface area (Å²) in [5, 5.41) is 3.47. The van der Waals surface area contributed by atoms with Gasteiger partial charge in [0.1, 0.15) is 5.75 Å². The van der Waals surface area contributed by atoms with Gasteiger partial charge in [0.2, 0.25) is 0 Å². The van der Waals surface area contributed by atoms with Crippen LogP contribution in [0.5, 0.6) is 5.75 Å². The molecule has 0 unspecified atom stereocenters. The summed E-state index contributed by atoms with van der Waals surface area (Å²) < 4.78 is 5.86. The Hall–Kier alpha value is -1.94. The van der Waals surface area contributed by atoms with Crippen molar-refractivity contribution in [2.45, 2.75) is 39.3 Å². The Morgan fingerprint density at radius 2 is 2.00 bits per heavy atom.